The predicted octanol–water partition coefficient (Wildman–Crippen LogP) is 8.03. The Bertz CT molecular complexity index is 1830. The Morgan fingerprint density at radius 2 is 1.51 bits per heavy atom. The first kappa shape index (κ1) is 52.1. The molecular weight excluding hydrogens is 823 g/mol. The predicted molar refractivity (Wildman–Crippen MR) is 252 cm³/mol. The molecule has 4 rings (SSSR count). The minimum absolute atomic E-state index is 0.183. The molecule has 14 heteroatoms. The molecule has 1 fully saturated rings. The van der Waals surface area contributed by atoms with Crippen molar-refractivity contribution in [3.63, 3.8) is 0 Å². The Kier molecular flexibility index (Phi) is 24.5. The molecule has 0 saturated carbocycles. The molecule has 0 aliphatic carbocycles. The van der Waals surface area contributed by atoms with E-state index in [1.165, 1.54) is 17.7 Å². The van der Waals surface area contributed by atoms with Gasteiger partial charge in [0.25, 0.3) is 5.91 Å². The van der Waals surface area contributed by atoms with E-state index in [9.17, 15) is 27.9 Å². The number of carbonyl (C=O) groups is 3. The molecule has 4 N–H and O–H groups in total. The van der Waals surface area contributed by atoms with Crippen molar-refractivity contribution in [3.05, 3.63) is 95.1 Å². The van der Waals surface area contributed by atoms with Crippen molar-refractivity contribution in [1.82, 2.24) is 15.5 Å². The SMILES string of the molecule is CCC(CSC)NC.CSCC1CCC(Cc2ccccc2)N1Cc1ccc(C(=O)NC(CCS(C)(=O)=O)C(=O)O)c(-c2ccccc2C)c1.CSCCC(C)C(=O)O. The molecule has 3 aromatic carbocycles. The van der Waals surface area contributed by atoms with Gasteiger partial charge in [-0.2, -0.15) is 35.3 Å². The van der Waals surface area contributed by atoms with Crippen LogP contribution in [0.5, 0.6) is 0 Å². The Hall–Kier alpha value is -3.01. The van der Waals surface area contributed by atoms with Crippen LogP contribution in [0.15, 0.2) is 72.8 Å². The largest absolute Gasteiger partial charge is 0.481 e. The lowest BCUT2D eigenvalue weighted by atomic mass is 9.93. The number of benzene rings is 3. The smallest absolute Gasteiger partial charge is 0.326 e. The van der Waals surface area contributed by atoms with Crippen molar-refractivity contribution in [2.24, 2.45) is 5.92 Å². The van der Waals surface area contributed by atoms with Gasteiger partial charge in [0.1, 0.15) is 15.9 Å². The normalized spacial score (nSPS) is 16.7. The van der Waals surface area contributed by atoms with E-state index >= 15 is 0 Å². The van der Waals surface area contributed by atoms with Crippen molar-refractivity contribution in [1.29, 1.82) is 0 Å². The van der Waals surface area contributed by atoms with Crippen LogP contribution in [-0.2, 0) is 32.4 Å². The van der Waals surface area contributed by atoms with Gasteiger partial charge in [0.05, 0.1) is 11.7 Å². The molecule has 3 aromatic rings. The number of hydrogen-bond acceptors (Lipinski definition) is 10. The summed E-state index contributed by atoms with van der Waals surface area (Å²) in [7, 11) is -1.36. The summed E-state index contributed by atoms with van der Waals surface area (Å²) in [5.74, 6) is 0.219. The minimum atomic E-state index is -3.38. The van der Waals surface area contributed by atoms with Crippen molar-refractivity contribution >= 4 is 63.0 Å². The van der Waals surface area contributed by atoms with Gasteiger partial charge in [0, 0.05) is 48.0 Å². The van der Waals surface area contributed by atoms with E-state index in [4.69, 9.17) is 5.11 Å². The van der Waals surface area contributed by atoms with E-state index in [0.717, 1.165) is 72.2 Å². The van der Waals surface area contributed by atoms with E-state index in [-0.39, 0.29) is 18.1 Å². The monoisotopic (exact) mass is 889 g/mol. The molecule has 0 radical (unpaired) electrons. The second-order valence-electron chi connectivity index (χ2n) is 15.1. The molecule has 0 spiro atoms. The number of likely N-dealkylation sites (tertiary alicyclic amines) is 1. The lowest BCUT2D eigenvalue weighted by molar-refractivity contribution is -0.141. The molecule has 1 aliphatic heterocycles. The molecule has 5 unspecified atom stereocenters. The summed E-state index contributed by atoms with van der Waals surface area (Å²) < 4.78 is 23.3. The molecule has 1 aliphatic rings. The number of aliphatic carboxylic acids is 2. The van der Waals surface area contributed by atoms with E-state index < -0.39 is 33.7 Å². The number of carboxylic acids is 2. The molecule has 0 aromatic heterocycles. The third kappa shape index (κ3) is 19.1. The molecule has 5 atom stereocenters. The summed E-state index contributed by atoms with van der Waals surface area (Å²) in [6.07, 6.45) is 12.4. The first-order valence-electron chi connectivity index (χ1n) is 20.2. The van der Waals surface area contributed by atoms with Crippen molar-refractivity contribution in [3.8, 4) is 11.1 Å². The standard InChI is InChI=1S/C33H40N2O5S2.C6H15NS.C6H12O2S/c1-23-9-7-8-12-28(23)30-20-25(13-16-29(30)32(36)34-31(33(37)38)17-18-42(3,39)40)21-35-26(14-15-27(35)22-41-2)19-24-10-5-4-6-11-24;1-4-6(7-2)5-8-3;1-5(6(7)8)3-4-9-2/h4-13,16,20,26-27,31H,14-15,17-19,21-22H2,1-3H3,(H,34,36)(H,37,38);6-7H,4-5H2,1-3H3;5H,3-4H2,1-2H3,(H,7,8). The molecule has 1 heterocycles. The van der Waals surface area contributed by atoms with E-state index in [2.05, 4.69) is 65.3 Å². The van der Waals surface area contributed by atoms with Crippen LogP contribution in [0, 0.1) is 12.8 Å². The Labute approximate surface area is 366 Å². The van der Waals surface area contributed by atoms with Crippen LogP contribution in [0.25, 0.3) is 11.1 Å². The number of aryl methyl sites for hydroxylation is 1. The van der Waals surface area contributed by atoms with Crippen LogP contribution in [0.1, 0.15) is 73.0 Å². The van der Waals surface area contributed by atoms with Gasteiger partial charge in [-0.1, -0.05) is 74.5 Å². The van der Waals surface area contributed by atoms with Gasteiger partial charge in [0.15, 0.2) is 0 Å². The first-order chi connectivity index (χ1) is 28.1. The summed E-state index contributed by atoms with van der Waals surface area (Å²) in [6.45, 7) is 6.67. The molecular formula is C45H67N3O7S4. The van der Waals surface area contributed by atoms with Crippen molar-refractivity contribution in [2.45, 2.75) is 90.0 Å². The molecule has 0 bridgehead atoms. The molecule has 1 saturated heterocycles. The molecule has 10 nitrogen and oxygen atoms in total. The Morgan fingerprint density at radius 3 is 2.05 bits per heavy atom. The molecule has 328 valence electrons. The highest BCUT2D eigenvalue weighted by molar-refractivity contribution is 7.99. The van der Waals surface area contributed by atoms with Gasteiger partial charge in [-0.3, -0.25) is 14.5 Å². The highest BCUT2D eigenvalue weighted by Gasteiger charge is 2.33. The molecule has 1 amide bonds. The highest BCUT2D eigenvalue weighted by atomic mass is 32.2. The summed E-state index contributed by atoms with van der Waals surface area (Å²) in [4.78, 5) is 38.2. The lowest BCUT2D eigenvalue weighted by Crippen LogP contribution is -2.42. The minimum Gasteiger partial charge on any atom is -0.481 e. The second-order valence-corrected chi connectivity index (χ2v) is 20.1. The summed E-state index contributed by atoms with van der Waals surface area (Å²) in [6, 6.07) is 24.5. The number of thioether (sulfide) groups is 3. The van der Waals surface area contributed by atoms with Crippen LogP contribution in [0.2, 0.25) is 0 Å². The van der Waals surface area contributed by atoms with Crippen LogP contribution in [0.4, 0.5) is 0 Å². The highest BCUT2D eigenvalue weighted by Crippen LogP contribution is 2.33. The fraction of sp³-hybridized carbons (Fsp3) is 0.533. The number of hydrogen-bond donors (Lipinski definition) is 4. The van der Waals surface area contributed by atoms with E-state index in [1.54, 1.807) is 24.8 Å². The van der Waals surface area contributed by atoms with Crippen LogP contribution < -0.4 is 10.6 Å². The Morgan fingerprint density at radius 1 is 0.847 bits per heavy atom. The van der Waals surface area contributed by atoms with E-state index in [1.807, 2.05) is 80.1 Å². The maximum Gasteiger partial charge on any atom is 0.326 e. The van der Waals surface area contributed by atoms with Gasteiger partial charge in [-0.15, -0.1) is 0 Å². The van der Waals surface area contributed by atoms with Gasteiger partial charge in [0.2, 0.25) is 0 Å². The lowest BCUT2D eigenvalue weighted by Gasteiger charge is -2.30. The van der Waals surface area contributed by atoms with Crippen molar-refractivity contribution < 1.29 is 33.0 Å². The zero-order valence-corrected chi connectivity index (χ0v) is 39.4. The number of carboxylic acid groups (broad SMARTS) is 2. The average Bonchev–Trinajstić information content (AvgIpc) is 3.57. The number of amides is 1. The molecule has 59 heavy (non-hydrogen) atoms. The zero-order chi connectivity index (χ0) is 44.0. The quantitative estimate of drug-likeness (QED) is 0.0820. The third-order valence-corrected chi connectivity index (χ3v) is 13.5. The number of nitrogens with one attached hydrogen (secondary N) is 2. The number of rotatable bonds is 21. The summed E-state index contributed by atoms with van der Waals surface area (Å²) >= 11 is 5.44. The van der Waals surface area contributed by atoms with Crippen LogP contribution in [0.3, 0.4) is 0 Å². The van der Waals surface area contributed by atoms with Crippen LogP contribution >= 0.6 is 35.3 Å². The zero-order valence-electron chi connectivity index (χ0n) is 36.1. The van der Waals surface area contributed by atoms with Gasteiger partial charge >= 0.3 is 11.9 Å². The number of nitrogens with zero attached hydrogens (tertiary/aromatic N) is 1. The van der Waals surface area contributed by atoms with Gasteiger partial charge in [-0.05, 0) is 117 Å². The first-order valence-corrected chi connectivity index (χ1v) is 26.4. The number of sulfone groups is 1. The fourth-order valence-electron chi connectivity index (χ4n) is 6.80. The van der Waals surface area contributed by atoms with Gasteiger partial charge < -0.3 is 20.8 Å². The summed E-state index contributed by atoms with van der Waals surface area (Å²) in [5.41, 5.74) is 5.41. The second kappa shape index (κ2) is 27.8. The number of carbonyl (C=O) groups excluding carboxylic acids is 1. The van der Waals surface area contributed by atoms with Gasteiger partial charge in [-0.25, -0.2) is 13.2 Å². The van der Waals surface area contributed by atoms with Crippen molar-refractivity contribution in [2.75, 3.05) is 55.1 Å². The maximum atomic E-state index is 13.5. The third-order valence-electron chi connectivity index (χ3n) is 10.4. The van der Waals surface area contributed by atoms with E-state index in [0.29, 0.717) is 23.7 Å². The topological polar surface area (TPSA) is 153 Å². The average molecular weight is 890 g/mol. The summed E-state index contributed by atoms with van der Waals surface area (Å²) in [5, 5.41) is 23.9. The van der Waals surface area contributed by atoms with Crippen LogP contribution in [-0.4, -0.2) is 121 Å². The maximum absolute atomic E-state index is 13.5. The Balaban J connectivity index is 0.000000589. The fourth-order valence-corrected chi connectivity index (χ4v) is 9.60.